The summed E-state index contributed by atoms with van der Waals surface area (Å²) in [4.78, 5) is 10.4. The van der Waals surface area contributed by atoms with Gasteiger partial charge in [-0.15, -0.1) is 0 Å². The van der Waals surface area contributed by atoms with Crippen LogP contribution in [0.5, 0.6) is 5.75 Å². The monoisotopic (exact) mass is 259 g/mol. The molecule has 88 valence electrons. The highest BCUT2D eigenvalue weighted by atomic mass is 35.5. The van der Waals surface area contributed by atoms with Gasteiger partial charge in [-0.25, -0.2) is 0 Å². The summed E-state index contributed by atoms with van der Waals surface area (Å²) in [6.07, 6.45) is 0. The number of benzene rings is 1. The van der Waals surface area contributed by atoms with Gasteiger partial charge in [0.1, 0.15) is 0 Å². The van der Waals surface area contributed by atoms with Crippen molar-refractivity contribution in [3.8, 4) is 5.75 Å². The van der Waals surface area contributed by atoms with E-state index in [1.54, 1.807) is 13.0 Å². The Morgan fingerprint density at radius 1 is 1.38 bits per heavy atom. The maximum atomic E-state index is 10.9. The van der Waals surface area contributed by atoms with Crippen LogP contribution in [0.3, 0.4) is 0 Å². The molecule has 16 heavy (non-hydrogen) atoms. The molecule has 0 fully saturated rings. The second kappa shape index (κ2) is 4.43. The fourth-order valence-corrected chi connectivity index (χ4v) is 2.18. The van der Waals surface area contributed by atoms with Crippen molar-refractivity contribution in [2.75, 3.05) is 0 Å². The first kappa shape index (κ1) is 13.0. The minimum atomic E-state index is -1.86. The number of hydrogen-bond donors (Lipinski definition) is 0. The van der Waals surface area contributed by atoms with Crippen molar-refractivity contribution in [3.05, 3.63) is 32.8 Å². The number of nitro benzene ring substituents is 1. The van der Waals surface area contributed by atoms with Gasteiger partial charge in [0.25, 0.3) is 0 Å². The van der Waals surface area contributed by atoms with Crippen molar-refractivity contribution in [3.63, 3.8) is 0 Å². The van der Waals surface area contributed by atoms with Gasteiger partial charge in [-0.05, 0) is 38.2 Å². The van der Waals surface area contributed by atoms with Gasteiger partial charge in [-0.1, -0.05) is 11.6 Å². The van der Waals surface area contributed by atoms with E-state index in [4.69, 9.17) is 16.0 Å². The first-order chi connectivity index (χ1) is 7.20. The highest BCUT2D eigenvalue weighted by molar-refractivity contribution is 6.70. The minimum Gasteiger partial charge on any atom is -0.540 e. The summed E-state index contributed by atoms with van der Waals surface area (Å²) in [5.41, 5.74) is 0.707. The molecule has 0 saturated heterocycles. The molecule has 0 amide bonds. The van der Waals surface area contributed by atoms with E-state index in [1.165, 1.54) is 6.07 Å². The van der Waals surface area contributed by atoms with Gasteiger partial charge >= 0.3 is 5.69 Å². The zero-order valence-electron chi connectivity index (χ0n) is 9.70. The molecule has 0 unspecified atom stereocenters. The highest BCUT2D eigenvalue weighted by Gasteiger charge is 2.24. The van der Waals surface area contributed by atoms with Crippen LogP contribution >= 0.6 is 11.6 Å². The summed E-state index contributed by atoms with van der Waals surface area (Å²) in [5.74, 6) is 0.311. The number of hydrogen-bond acceptors (Lipinski definition) is 3. The molecule has 1 rings (SSSR count). The van der Waals surface area contributed by atoms with Crippen molar-refractivity contribution >= 4 is 25.6 Å². The van der Waals surface area contributed by atoms with E-state index in [1.807, 2.05) is 19.6 Å². The lowest BCUT2D eigenvalue weighted by atomic mass is 10.2. The zero-order chi connectivity index (χ0) is 12.5. The number of halogens is 1. The van der Waals surface area contributed by atoms with Crippen molar-refractivity contribution in [1.82, 2.24) is 0 Å². The minimum absolute atomic E-state index is 0.0713. The fraction of sp³-hybridized carbons (Fsp3) is 0.400. The van der Waals surface area contributed by atoms with Gasteiger partial charge in [-0.3, -0.25) is 10.1 Å². The Labute approximate surface area is 100 Å². The van der Waals surface area contributed by atoms with Crippen LogP contribution in [0.2, 0.25) is 24.7 Å². The third-order valence-electron chi connectivity index (χ3n) is 1.85. The van der Waals surface area contributed by atoms with Crippen molar-refractivity contribution in [2.24, 2.45) is 0 Å². The molecule has 6 heteroatoms. The molecule has 1 aromatic carbocycles. The van der Waals surface area contributed by atoms with Gasteiger partial charge in [0, 0.05) is 6.07 Å². The van der Waals surface area contributed by atoms with Gasteiger partial charge in [-0.2, -0.15) is 0 Å². The maximum absolute atomic E-state index is 10.9. The SMILES string of the molecule is Cc1cc(O[Si](C)(C)C)c([N+](=O)[O-])cc1Cl. The van der Waals surface area contributed by atoms with Crippen molar-refractivity contribution in [1.29, 1.82) is 0 Å². The van der Waals surface area contributed by atoms with Crippen LogP contribution in [-0.2, 0) is 0 Å². The summed E-state index contributed by atoms with van der Waals surface area (Å²) < 4.78 is 5.67. The quantitative estimate of drug-likeness (QED) is 0.472. The first-order valence-electron chi connectivity index (χ1n) is 4.84. The standard InChI is InChI=1S/C10H14ClNO3Si/c1-7-5-10(15-16(2,3)4)9(12(13)14)6-8(7)11/h5-6H,1-4H3. The molecule has 0 radical (unpaired) electrons. The summed E-state index contributed by atoms with van der Waals surface area (Å²) >= 11 is 5.85. The van der Waals surface area contributed by atoms with Gasteiger partial charge in [0.15, 0.2) is 5.75 Å². The van der Waals surface area contributed by atoms with Crippen LogP contribution in [-0.4, -0.2) is 13.2 Å². The molecular weight excluding hydrogens is 246 g/mol. The Balaban J connectivity index is 3.25. The zero-order valence-corrected chi connectivity index (χ0v) is 11.5. The Bertz CT molecular complexity index is 429. The van der Waals surface area contributed by atoms with E-state index in [2.05, 4.69) is 0 Å². The largest absolute Gasteiger partial charge is 0.540 e. The Kier molecular flexibility index (Phi) is 3.60. The van der Waals surface area contributed by atoms with Crippen LogP contribution in [0.25, 0.3) is 0 Å². The predicted octanol–water partition coefficient (Wildman–Crippen LogP) is 3.77. The Morgan fingerprint density at radius 3 is 2.38 bits per heavy atom. The molecular formula is C10H14ClNO3Si. The lowest BCUT2D eigenvalue weighted by Crippen LogP contribution is -2.29. The normalized spacial score (nSPS) is 11.3. The van der Waals surface area contributed by atoms with Crippen LogP contribution in [0, 0.1) is 17.0 Å². The van der Waals surface area contributed by atoms with Crippen LogP contribution in [0.4, 0.5) is 5.69 Å². The van der Waals surface area contributed by atoms with E-state index < -0.39 is 13.2 Å². The predicted molar refractivity (Wildman–Crippen MR) is 66.8 cm³/mol. The molecule has 0 aliphatic carbocycles. The van der Waals surface area contributed by atoms with E-state index in [0.717, 1.165) is 5.56 Å². The Hall–Kier alpha value is -1.07. The molecule has 0 aliphatic rings. The third kappa shape index (κ3) is 3.21. The number of rotatable bonds is 3. The van der Waals surface area contributed by atoms with Gasteiger partial charge < -0.3 is 4.43 Å². The summed E-state index contributed by atoms with van der Waals surface area (Å²) in [7, 11) is -1.86. The average Bonchev–Trinajstić information content (AvgIpc) is 2.07. The average molecular weight is 260 g/mol. The van der Waals surface area contributed by atoms with E-state index in [9.17, 15) is 10.1 Å². The number of nitro groups is 1. The third-order valence-corrected chi connectivity index (χ3v) is 3.09. The van der Waals surface area contributed by atoms with Crippen LogP contribution in [0.15, 0.2) is 12.1 Å². The van der Waals surface area contributed by atoms with E-state index in [0.29, 0.717) is 10.8 Å². The molecule has 0 saturated carbocycles. The van der Waals surface area contributed by atoms with E-state index in [-0.39, 0.29) is 5.69 Å². The van der Waals surface area contributed by atoms with Crippen LogP contribution in [0.1, 0.15) is 5.56 Å². The second-order valence-electron chi connectivity index (χ2n) is 4.54. The summed E-state index contributed by atoms with van der Waals surface area (Å²) in [6, 6.07) is 2.96. The maximum Gasteiger partial charge on any atom is 0.311 e. The molecule has 0 spiro atoms. The fourth-order valence-electron chi connectivity index (χ4n) is 1.20. The summed E-state index contributed by atoms with van der Waals surface area (Å²) in [5, 5.41) is 11.2. The highest BCUT2D eigenvalue weighted by Crippen LogP contribution is 2.34. The molecule has 0 aromatic heterocycles. The summed E-state index contributed by atoms with van der Waals surface area (Å²) in [6.45, 7) is 7.71. The molecule has 1 aromatic rings. The van der Waals surface area contributed by atoms with E-state index >= 15 is 0 Å². The Morgan fingerprint density at radius 2 is 1.94 bits per heavy atom. The lowest BCUT2D eigenvalue weighted by molar-refractivity contribution is -0.385. The topological polar surface area (TPSA) is 52.4 Å². The van der Waals surface area contributed by atoms with Crippen LogP contribution < -0.4 is 4.43 Å². The second-order valence-corrected chi connectivity index (χ2v) is 9.38. The van der Waals surface area contributed by atoms with Crippen molar-refractivity contribution in [2.45, 2.75) is 26.6 Å². The number of aryl methyl sites for hydroxylation is 1. The first-order valence-corrected chi connectivity index (χ1v) is 8.63. The molecule has 0 aliphatic heterocycles. The molecule has 0 atom stereocenters. The molecule has 0 bridgehead atoms. The van der Waals surface area contributed by atoms with Crippen molar-refractivity contribution < 1.29 is 9.35 Å². The van der Waals surface area contributed by atoms with Gasteiger partial charge in [0.2, 0.25) is 8.32 Å². The lowest BCUT2D eigenvalue weighted by Gasteiger charge is -2.19. The smallest absolute Gasteiger partial charge is 0.311 e. The molecule has 0 heterocycles. The molecule has 0 N–H and O–H groups in total. The number of nitrogens with zero attached hydrogens (tertiary/aromatic N) is 1. The molecule has 4 nitrogen and oxygen atoms in total. The van der Waals surface area contributed by atoms with Gasteiger partial charge in [0.05, 0.1) is 9.95 Å².